The molecule has 1 aliphatic heterocycles. The van der Waals surface area contributed by atoms with E-state index in [1.165, 1.54) is 0 Å². The maximum atomic E-state index is 9.78. The zero-order valence-corrected chi connectivity index (χ0v) is 8.56. The van der Waals surface area contributed by atoms with E-state index >= 15 is 0 Å². The SMILES string of the molecule is CCC1(O)CN(CCn2cccn2)C1. The molecule has 4 nitrogen and oxygen atoms in total. The first-order valence-electron chi connectivity index (χ1n) is 5.14. The van der Waals surface area contributed by atoms with E-state index in [-0.39, 0.29) is 0 Å². The summed E-state index contributed by atoms with van der Waals surface area (Å²) in [6.07, 6.45) is 4.61. The summed E-state index contributed by atoms with van der Waals surface area (Å²) >= 11 is 0. The Bertz CT molecular complexity index is 278. The fraction of sp³-hybridized carbons (Fsp3) is 0.700. The summed E-state index contributed by atoms with van der Waals surface area (Å²) in [5, 5.41) is 13.9. The van der Waals surface area contributed by atoms with Crippen LogP contribution in [0.25, 0.3) is 0 Å². The van der Waals surface area contributed by atoms with E-state index in [4.69, 9.17) is 0 Å². The van der Waals surface area contributed by atoms with Crippen LogP contribution < -0.4 is 0 Å². The number of likely N-dealkylation sites (tertiary alicyclic amines) is 1. The molecule has 1 N–H and O–H groups in total. The molecule has 2 heterocycles. The molecule has 0 radical (unpaired) electrons. The van der Waals surface area contributed by atoms with Crippen molar-refractivity contribution < 1.29 is 5.11 Å². The fourth-order valence-corrected chi connectivity index (χ4v) is 1.84. The van der Waals surface area contributed by atoms with Gasteiger partial charge in [0.1, 0.15) is 0 Å². The number of hydrogen-bond acceptors (Lipinski definition) is 3. The molecule has 0 spiro atoms. The zero-order valence-electron chi connectivity index (χ0n) is 8.56. The van der Waals surface area contributed by atoms with Crippen molar-refractivity contribution in [3.63, 3.8) is 0 Å². The lowest BCUT2D eigenvalue weighted by Crippen LogP contribution is -2.61. The van der Waals surface area contributed by atoms with Gasteiger partial charge >= 0.3 is 0 Å². The van der Waals surface area contributed by atoms with Crippen LogP contribution in [0.4, 0.5) is 0 Å². The summed E-state index contributed by atoms with van der Waals surface area (Å²) in [5.41, 5.74) is -0.413. The molecule has 0 aromatic carbocycles. The number of aromatic nitrogens is 2. The van der Waals surface area contributed by atoms with Crippen LogP contribution >= 0.6 is 0 Å². The molecule has 0 saturated carbocycles. The minimum Gasteiger partial charge on any atom is -0.387 e. The van der Waals surface area contributed by atoms with Crippen LogP contribution in [0.15, 0.2) is 18.5 Å². The van der Waals surface area contributed by atoms with E-state index in [0.29, 0.717) is 0 Å². The highest BCUT2D eigenvalue weighted by Crippen LogP contribution is 2.23. The van der Waals surface area contributed by atoms with Crippen molar-refractivity contribution in [2.75, 3.05) is 19.6 Å². The molecule has 4 heteroatoms. The van der Waals surface area contributed by atoms with Crippen LogP contribution in [-0.2, 0) is 6.54 Å². The summed E-state index contributed by atoms with van der Waals surface area (Å²) in [5.74, 6) is 0. The lowest BCUT2D eigenvalue weighted by atomic mass is 9.91. The van der Waals surface area contributed by atoms with Gasteiger partial charge in [0.2, 0.25) is 0 Å². The molecule has 0 unspecified atom stereocenters. The lowest BCUT2D eigenvalue weighted by Gasteiger charge is -2.46. The molecule has 0 aliphatic carbocycles. The summed E-state index contributed by atoms with van der Waals surface area (Å²) in [6.45, 7) is 5.54. The minimum absolute atomic E-state index is 0.413. The second kappa shape index (κ2) is 3.71. The van der Waals surface area contributed by atoms with Crippen LogP contribution in [0.3, 0.4) is 0 Å². The van der Waals surface area contributed by atoms with Gasteiger partial charge in [-0.2, -0.15) is 5.10 Å². The third-order valence-corrected chi connectivity index (χ3v) is 2.90. The molecule has 78 valence electrons. The molecule has 0 amide bonds. The first kappa shape index (κ1) is 9.68. The molecular formula is C10H17N3O. The smallest absolute Gasteiger partial charge is 0.0897 e. The Balaban J connectivity index is 1.70. The fourth-order valence-electron chi connectivity index (χ4n) is 1.84. The molecular weight excluding hydrogens is 178 g/mol. The second-order valence-corrected chi connectivity index (χ2v) is 4.06. The van der Waals surface area contributed by atoms with E-state index in [9.17, 15) is 5.11 Å². The molecule has 0 bridgehead atoms. The van der Waals surface area contributed by atoms with E-state index in [1.54, 1.807) is 6.20 Å². The van der Waals surface area contributed by atoms with Crippen molar-refractivity contribution in [2.45, 2.75) is 25.5 Å². The Morgan fingerprint density at radius 2 is 2.21 bits per heavy atom. The predicted molar refractivity (Wildman–Crippen MR) is 53.9 cm³/mol. The van der Waals surface area contributed by atoms with Gasteiger partial charge in [-0.3, -0.25) is 9.58 Å². The summed E-state index contributed by atoms with van der Waals surface area (Å²) in [7, 11) is 0. The molecule has 1 fully saturated rings. The monoisotopic (exact) mass is 195 g/mol. The van der Waals surface area contributed by atoms with Gasteiger partial charge in [0.15, 0.2) is 0 Å². The normalized spacial score (nSPS) is 20.7. The third-order valence-electron chi connectivity index (χ3n) is 2.90. The van der Waals surface area contributed by atoms with Crippen LogP contribution in [0.2, 0.25) is 0 Å². The predicted octanol–water partition coefficient (Wildman–Crippen LogP) is 0.340. The van der Waals surface area contributed by atoms with Crippen molar-refractivity contribution in [1.82, 2.24) is 14.7 Å². The van der Waals surface area contributed by atoms with Crippen molar-refractivity contribution in [3.05, 3.63) is 18.5 Å². The second-order valence-electron chi connectivity index (χ2n) is 4.06. The third kappa shape index (κ3) is 1.96. The van der Waals surface area contributed by atoms with Gasteiger partial charge in [0.25, 0.3) is 0 Å². The summed E-state index contributed by atoms with van der Waals surface area (Å²) < 4.78 is 1.92. The topological polar surface area (TPSA) is 41.3 Å². The Kier molecular flexibility index (Phi) is 2.56. The Morgan fingerprint density at radius 3 is 2.79 bits per heavy atom. The quantitative estimate of drug-likeness (QED) is 0.753. The number of β-amino-alcohol motifs (C(OH)–C–C–N with tert-alkyl or cyclic N) is 1. The highest BCUT2D eigenvalue weighted by atomic mass is 16.3. The average molecular weight is 195 g/mol. The van der Waals surface area contributed by atoms with Crippen LogP contribution in [0.1, 0.15) is 13.3 Å². The number of aliphatic hydroxyl groups is 1. The molecule has 1 aliphatic rings. The van der Waals surface area contributed by atoms with Crippen LogP contribution in [0.5, 0.6) is 0 Å². The van der Waals surface area contributed by atoms with Gasteiger partial charge in [0.05, 0.1) is 12.1 Å². The Labute approximate surface area is 84.1 Å². The van der Waals surface area contributed by atoms with E-state index in [0.717, 1.165) is 32.6 Å². The van der Waals surface area contributed by atoms with E-state index in [1.807, 2.05) is 23.9 Å². The van der Waals surface area contributed by atoms with Gasteiger partial charge in [-0.1, -0.05) is 6.92 Å². The van der Waals surface area contributed by atoms with Gasteiger partial charge in [-0.25, -0.2) is 0 Å². The molecule has 2 rings (SSSR count). The maximum absolute atomic E-state index is 9.78. The van der Waals surface area contributed by atoms with Crippen LogP contribution in [-0.4, -0.2) is 45.0 Å². The van der Waals surface area contributed by atoms with Gasteiger partial charge in [0, 0.05) is 32.0 Å². The zero-order chi connectivity index (χ0) is 10.0. The number of nitrogens with zero attached hydrogens (tertiary/aromatic N) is 3. The highest BCUT2D eigenvalue weighted by Gasteiger charge is 2.38. The van der Waals surface area contributed by atoms with Crippen molar-refractivity contribution in [3.8, 4) is 0 Å². The first-order valence-corrected chi connectivity index (χ1v) is 5.14. The van der Waals surface area contributed by atoms with E-state index in [2.05, 4.69) is 10.00 Å². The van der Waals surface area contributed by atoms with E-state index < -0.39 is 5.60 Å². The summed E-state index contributed by atoms with van der Waals surface area (Å²) in [6, 6.07) is 1.93. The molecule has 0 atom stereocenters. The van der Waals surface area contributed by atoms with Crippen LogP contribution in [0, 0.1) is 0 Å². The molecule has 1 aromatic rings. The minimum atomic E-state index is -0.413. The highest BCUT2D eigenvalue weighted by molar-refractivity contribution is 4.94. The summed E-state index contributed by atoms with van der Waals surface area (Å²) in [4.78, 5) is 2.26. The van der Waals surface area contributed by atoms with Crippen molar-refractivity contribution in [1.29, 1.82) is 0 Å². The van der Waals surface area contributed by atoms with Crippen molar-refractivity contribution in [2.24, 2.45) is 0 Å². The lowest BCUT2D eigenvalue weighted by molar-refractivity contribution is -0.100. The molecule has 1 saturated heterocycles. The number of hydrogen-bond donors (Lipinski definition) is 1. The Morgan fingerprint density at radius 1 is 1.43 bits per heavy atom. The van der Waals surface area contributed by atoms with Crippen molar-refractivity contribution >= 4 is 0 Å². The number of rotatable bonds is 4. The molecule has 14 heavy (non-hydrogen) atoms. The first-order chi connectivity index (χ1) is 6.72. The van der Waals surface area contributed by atoms with Gasteiger partial charge in [-0.15, -0.1) is 0 Å². The average Bonchev–Trinajstić information content (AvgIpc) is 2.63. The largest absolute Gasteiger partial charge is 0.387 e. The molecule has 1 aromatic heterocycles. The van der Waals surface area contributed by atoms with Gasteiger partial charge < -0.3 is 5.11 Å². The Hall–Kier alpha value is -0.870. The van der Waals surface area contributed by atoms with Gasteiger partial charge in [-0.05, 0) is 12.5 Å². The maximum Gasteiger partial charge on any atom is 0.0897 e. The standard InChI is InChI=1S/C10H17N3O/c1-2-10(14)8-12(9-10)6-7-13-5-3-4-11-13/h3-5,14H,2,6-9H2,1H3.